The molecule has 0 aliphatic rings. The number of halogens is 1. The zero-order valence-electron chi connectivity index (χ0n) is 5.71. The van der Waals surface area contributed by atoms with E-state index in [1.54, 1.807) is 13.1 Å². The lowest BCUT2D eigenvalue weighted by molar-refractivity contribution is 1.02. The van der Waals surface area contributed by atoms with E-state index in [2.05, 4.69) is 0 Å². The first kappa shape index (κ1) is 7.38. The van der Waals surface area contributed by atoms with Crippen molar-refractivity contribution in [2.45, 2.75) is 0 Å². The lowest BCUT2D eigenvalue weighted by atomic mass is 10.3. The van der Waals surface area contributed by atoms with Gasteiger partial charge in [-0.3, -0.25) is 0 Å². The van der Waals surface area contributed by atoms with Gasteiger partial charge in [-0.05, 0) is 12.1 Å². The Morgan fingerprint density at radius 1 is 1.40 bits per heavy atom. The Balaban J connectivity index is 3.03. The monoisotopic (exact) mass is 156 g/mol. The molecular weight excluding hydrogens is 148 g/mol. The summed E-state index contributed by atoms with van der Waals surface area (Å²) in [6.45, 7) is 0. The number of anilines is 1. The predicted octanol–water partition coefficient (Wildman–Crippen LogP) is 1.65. The van der Waals surface area contributed by atoms with Crippen LogP contribution in [0.25, 0.3) is 0 Å². The van der Waals surface area contributed by atoms with Gasteiger partial charge in [0.1, 0.15) is 0 Å². The summed E-state index contributed by atoms with van der Waals surface area (Å²) < 4.78 is 0. The molecule has 10 heavy (non-hydrogen) atoms. The van der Waals surface area contributed by atoms with Crippen LogP contribution in [0.4, 0.5) is 5.69 Å². The average molecular weight is 157 g/mol. The first-order valence-electron chi connectivity index (χ1n) is 2.95. The van der Waals surface area contributed by atoms with Crippen LogP contribution in [0.2, 0.25) is 5.02 Å². The van der Waals surface area contributed by atoms with Crippen molar-refractivity contribution in [1.29, 1.82) is 0 Å². The maximum absolute atomic E-state index is 5.80. The Morgan fingerprint density at radius 2 is 2.00 bits per heavy atom. The summed E-state index contributed by atoms with van der Waals surface area (Å²) in [4.78, 5) is 0. The van der Waals surface area contributed by atoms with Crippen molar-refractivity contribution >= 4 is 17.3 Å². The quantitative estimate of drug-likeness (QED) is 0.495. The van der Waals surface area contributed by atoms with Crippen molar-refractivity contribution < 1.29 is 0 Å². The summed E-state index contributed by atoms with van der Waals surface area (Å²) in [5, 5.41) is 2.16. The molecule has 0 saturated carbocycles. The fourth-order valence-electron chi connectivity index (χ4n) is 0.738. The Kier molecular flexibility index (Phi) is 2.14. The lowest BCUT2D eigenvalue weighted by Gasteiger charge is -2.12. The van der Waals surface area contributed by atoms with Gasteiger partial charge in [-0.15, -0.1) is 0 Å². The molecule has 3 heteroatoms. The third-order valence-corrected chi connectivity index (χ3v) is 1.55. The Bertz CT molecular complexity index is 223. The van der Waals surface area contributed by atoms with Gasteiger partial charge in [0.25, 0.3) is 0 Å². The number of nitrogens with two attached hydrogens (primary N) is 1. The van der Waals surface area contributed by atoms with Gasteiger partial charge in [0.2, 0.25) is 0 Å². The van der Waals surface area contributed by atoms with Gasteiger partial charge in [-0.2, -0.15) is 0 Å². The fourth-order valence-corrected chi connectivity index (χ4v) is 1.01. The van der Waals surface area contributed by atoms with Gasteiger partial charge >= 0.3 is 0 Å². The number of rotatable bonds is 1. The summed E-state index contributed by atoms with van der Waals surface area (Å²) in [5.41, 5.74) is 0.837. The van der Waals surface area contributed by atoms with Crippen LogP contribution in [0.3, 0.4) is 0 Å². The van der Waals surface area contributed by atoms with Crippen molar-refractivity contribution in [3.05, 3.63) is 29.3 Å². The molecule has 1 rings (SSSR count). The molecule has 0 fully saturated rings. The number of para-hydroxylation sites is 1. The highest BCUT2D eigenvalue weighted by Crippen LogP contribution is 2.21. The smallest absolute Gasteiger partial charge is 0.0700 e. The molecule has 0 aromatic heterocycles. The summed E-state index contributed by atoms with van der Waals surface area (Å²) in [6.07, 6.45) is 0. The maximum atomic E-state index is 5.80. The molecular formula is C7H9ClN2. The van der Waals surface area contributed by atoms with Crippen LogP contribution in [0.15, 0.2) is 24.3 Å². The van der Waals surface area contributed by atoms with E-state index in [1.165, 1.54) is 5.01 Å². The highest BCUT2D eigenvalue weighted by atomic mass is 35.5. The van der Waals surface area contributed by atoms with Crippen LogP contribution in [-0.4, -0.2) is 7.05 Å². The van der Waals surface area contributed by atoms with Crippen LogP contribution in [0, 0.1) is 0 Å². The highest BCUT2D eigenvalue weighted by Gasteiger charge is 1.98. The van der Waals surface area contributed by atoms with Gasteiger partial charge in [-0.1, -0.05) is 23.7 Å². The third kappa shape index (κ3) is 1.40. The molecule has 0 saturated heterocycles. The molecule has 0 heterocycles. The van der Waals surface area contributed by atoms with E-state index in [-0.39, 0.29) is 0 Å². The molecule has 0 aliphatic heterocycles. The van der Waals surface area contributed by atoms with E-state index < -0.39 is 0 Å². The number of benzene rings is 1. The van der Waals surface area contributed by atoms with Crippen LogP contribution < -0.4 is 10.9 Å². The molecule has 2 N–H and O–H groups in total. The minimum atomic E-state index is 0.674. The molecule has 1 aromatic rings. The van der Waals surface area contributed by atoms with Crippen LogP contribution in [-0.2, 0) is 0 Å². The molecule has 1 aromatic carbocycles. The zero-order chi connectivity index (χ0) is 7.56. The zero-order valence-corrected chi connectivity index (χ0v) is 6.47. The number of nitrogens with zero attached hydrogens (tertiary/aromatic N) is 1. The fraction of sp³-hybridized carbons (Fsp3) is 0.143. The first-order valence-corrected chi connectivity index (χ1v) is 3.32. The van der Waals surface area contributed by atoms with Crippen molar-refractivity contribution in [3.8, 4) is 0 Å². The summed E-state index contributed by atoms with van der Waals surface area (Å²) in [5.74, 6) is 5.46. The van der Waals surface area contributed by atoms with E-state index in [9.17, 15) is 0 Å². The third-order valence-electron chi connectivity index (χ3n) is 1.23. The number of hydrogen-bond donors (Lipinski definition) is 1. The van der Waals surface area contributed by atoms with Crippen LogP contribution >= 0.6 is 11.6 Å². The molecule has 0 atom stereocenters. The van der Waals surface area contributed by atoms with Crippen molar-refractivity contribution in [2.75, 3.05) is 12.1 Å². The van der Waals surface area contributed by atoms with E-state index in [0.29, 0.717) is 5.02 Å². The minimum Gasteiger partial charge on any atom is -0.313 e. The number of hydrogen-bond acceptors (Lipinski definition) is 2. The topological polar surface area (TPSA) is 29.3 Å². The summed E-state index contributed by atoms with van der Waals surface area (Å²) >= 11 is 5.80. The number of hydrazine groups is 1. The Labute approximate surface area is 65.2 Å². The lowest BCUT2D eigenvalue weighted by Crippen LogP contribution is -2.25. The largest absolute Gasteiger partial charge is 0.313 e. The van der Waals surface area contributed by atoms with Crippen LogP contribution in [0.1, 0.15) is 0 Å². The van der Waals surface area contributed by atoms with E-state index >= 15 is 0 Å². The maximum Gasteiger partial charge on any atom is 0.0700 e. The SMILES string of the molecule is CN(N)c1ccccc1Cl. The standard InChI is InChI=1S/C7H9ClN2/c1-10(9)7-5-3-2-4-6(7)8/h2-5H,9H2,1H3. The van der Waals surface area contributed by atoms with Crippen molar-refractivity contribution in [2.24, 2.45) is 5.84 Å². The summed E-state index contributed by atoms with van der Waals surface area (Å²) in [6, 6.07) is 7.43. The Hall–Kier alpha value is -0.730. The molecule has 2 nitrogen and oxygen atoms in total. The van der Waals surface area contributed by atoms with Gasteiger partial charge in [0, 0.05) is 7.05 Å². The van der Waals surface area contributed by atoms with Gasteiger partial charge in [0.05, 0.1) is 10.7 Å². The molecule has 0 unspecified atom stereocenters. The average Bonchev–Trinajstić information content (AvgIpc) is 1.88. The molecule has 0 amide bonds. The van der Waals surface area contributed by atoms with Crippen LogP contribution in [0.5, 0.6) is 0 Å². The molecule has 0 radical (unpaired) electrons. The minimum absolute atomic E-state index is 0.674. The van der Waals surface area contributed by atoms with Gasteiger partial charge in [0.15, 0.2) is 0 Å². The molecule has 54 valence electrons. The Morgan fingerprint density at radius 3 is 2.40 bits per heavy atom. The highest BCUT2D eigenvalue weighted by molar-refractivity contribution is 6.33. The second-order valence-corrected chi connectivity index (χ2v) is 2.47. The summed E-state index contributed by atoms with van der Waals surface area (Å²) in [7, 11) is 1.75. The van der Waals surface area contributed by atoms with Gasteiger partial charge in [-0.25, -0.2) is 5.84 Å². The second kappa shape index (κ2) is 2.90. The first-order chi connectivity index (χ1) is 4.72. The molecule has 0 spiro atoms. The van der Waals surface area contributed by atoms with E-state index in [1.807, 2.05) is 18.2 Å². The van der Waals surface area contributed by atoms with Crippen molar-refractivity contribution in [3.63, 3.8) is 0 Å². The van der Waals surface area contributed by atoms with Crippen molar-refractivity contribution in [1.82, 2.24) is 0 Å². The van der Waals surface area contributed by atoms with E-state index in [0.717, 1.165) is 5.69 Å². The predicted molar refractivity (Wildman–Crippen MR) is 44.0 cm³/mol. The van der Waals surface area contributed by atoms with E-state index in [4.69, 9.17) is 17.4 Å². The molecule has 0 aliphatic carbocycles. The second-order valence-electron chi connectivity index (χ2n) is 2.06. The molecule has 0 bridgehead atoms. The normalized spacial score (nSPS) is 9.50. The van der Waals surface area contributed by atoms with Gasteiger partial charge < -0.3 is 5.01 Å².